The highest BCUT2D eigenvalue weighted by Gasteiger charge is 2.16. The first kappa shape index (κ1) is 30.8. The predicted molar refractivity (Wildman–Crippen MR) is 120 cm³/mol. The van der Waals surface area contributed by atoms with Crippen molar-refractivity contribution in [3.05, 3.63) is 71.8 Å². The Kier molecular flexibility index (Phi) is 14.9. The summed E-state index contributed by atoms with van der Waals surface area (Å²) in [7, 11) is 0. The second-order valence-electron chi connectivity index (χ2n) is 7.03. The van der Waals surface area contributed by atoms with Gasteiger partial charge < -0.3 is 45.7 Å². The number of nitrogens with one attached hydrogen (secondary N) is 2. The number of halogens is 2. The number of hydrogen-bond acceptors (Lipinski definition) is 5. The van der Waals surface area contributed by atoms with Gasteiger partial charge in [0.05, 0.1) is 6.54 Å². The Morgan fingerprint density at radius 3 is 2.06 bits per heavy atom. The molecule has 1 atom stereocenters. The quantitative estimate of drug-likeness (QED) is 0.144. The summed E-state index contributed by atoms with van der Waals surface area (Å²) in [6.07, 6.45) is 6.25. The summed E-state index contributed by atoms with van der Waals surface area (Å²) in [5, 5.41) is 12.0. The third-order valence-electron chi connectivity index (χ3n) is 4.44. The van der Waals surface area contributed by atoms with Crippen molar-refractivity contribution in [1.29, 1.82) is 0 Å². The van der Waals surface area contributed by atoms with Crippen LogP contribution >= 0.6 is 0 Å². The topological polar surface area (TPSA) is 125 Å². The van der Waals surface area contributed by atoms with Gasteiger partial charge in [0.25, 0.3) is 0 Å². The normalized spacial score (nSPS) is 11.4. The van der Waals surface area contributed by atoms with Crippen LogP contribution < -0.4 is 45.5 Å². The number of phenolic OH excluding ortho intramolecular Hbond substituents is 1. The van der Waals surface area contributed by atoms with Gasteiger partial charge in [-0.1, -0.05) is 24.3 Å². The summed E-state index contributed by atoms with van der Waals surface area (Å²) in [6, 6.07) is 13.3. The molecule has 2 rings (SSSR count). The zero-order valence-corrected chi connectivity index (χ0v) is 20.3. The average molecular weight is 510 g/mol. The van der Waals surface area contributed by atoms with Crippen LogP contribution in [0.2, 0.25) is 0 Å². The fraction of sp³-hybridized carbons (Fsp3) is 0.208. The molecule has 184 valence electrons. The number of esters is 1. The van der Waals surface area contributed by atoms with E-state index in [-0.39, 0.29) is 48.3 Å². The Bertz CT molecular complexity index is 977. The highest BCUT2D eigenvalue weighted by molar-refractivity contribution is 5.91. The number of benzene rings is 2. The van der Waals surface area contributed by atoms with Crippen LogP contribution in [0.25, 0.3) is 12.2 Å². The molecule has 0 saturated carbocycles. The van der Waals surface area contributed by atoms with Crippen LogP contribution in [0.1, 0.15) is 18.1 Å². The van der Waals surface area contributed by atoms with Gasteiger partial charge in [-0.25, -0.2) is 4.79 Å². The highest BCUT2D eigenvalue weighted by atomic mass is 35.5. The third-order valence-corrected chi connectivity index (χ3v) is 4.44. The molecular formula is C24H29Cl2N3O5. The van der Waals surface area contributed by atoms with Crippen molar-refractivity contribution in [2.24, 2.45) is 0 Å². The Morgan fingerprint density at radius 1 is 0.941 bits per heavy atom. The van der Waals surface area contributed by atoms with Gasteiger partial charge in [-0.2, -0.15) is 0 Å². The summed E-state index contributed by atoms with van der Waals surface area (Å²) in [4.78, 5) is 36.2. The summed E-state index contributed by atoms with van der Waals surface area (Å²) in [5.74, 6) is -0.147. The number of hydrogen-bond donors (Lipinski definition) is 4. The first-order valence-corrected chi connectivity index (χ1v) is 10.3. The van der Waals surface area contributed by atoms with Crippen LogP contribution in [0.5, 0.6) is 11.5 Å². The molecule has 0 radical (unpaired) electrons. The maximum absolute atomic E-state index is 12.6. The number of carbonyl (C=O) groups excluding carboxylic acids is 3. The van der Waals surface area contributed by atoms with Gasteiger partial charge >= 0.3 is 11.9 Å². The maximum atomic E-state index is 12.6. The summed E-state index contributed by atoms with van der Waals surface area (Å²) < 4.78 is 4.99. The van der Waals surface area contributed by atoms with Gasteiger partial charge in [-0.15, -0.1) is 0 Å². The molecule has 10 heteroatoms. The first-order chi connectivity index (χ1) is 15.4. The summed E-state index contributed by atoms with van der Waals surface area (Å²) >= 11 is 0. The SMILES string of the molecule is CC(=O)Oc1ccc(/C=C/C(=O)[NH+](CC[NH3+])CCNC(=O)/C=C/c2ccc(O)cc2)cc1.[Cl-].[Cl-]. The summed E-state index contributed by atoms with van der Waals surface area (Å²) in [6.45, 7) is 3.24. The number of ether oxygens (including phenoxy) is 1. The number of rotatable bonds is 10. The minimum Gasteiger partial charge on any atom is -1.00 e. The minimum absolute atomic E-state index is 0. The summed E-state index contributed by atoms with van der Waals surface area (Å²) in [5.41, 5.74) is 5.41. The number of amides is 2. The van der Waals surface area contributed by atoms with Gasteiger partial charge in [-0.3, -0.25) is 14.5 Å². The lowest BCUT2D eigenvalue weighted by atomic mass is 10.2. The molecule has 2 aromatic rings. The molecule has 6 N–H and O–H groups in total. The molecule has 0 aliphatic carbocycles. The van der Waals surface area contributed by atoms with Crippen molar-refractivity contribution in [3.8, 4) is 11.5 Å². The van der Waals surface area contributed by atoms with Crippen molar-refractivity contribution in [2.45, 2.75) is 6.92 Å². The standard InChI is InChI=1S/C24H27N3O5.2ClH/c1-18(28)32-22-10-4-20(5-11-22)7-13-24(31)27(16-14-25)17-15-26-23(30)12-6-19-2-8-21(29)9-3-19;;/h2-13,29H,14-17,25H2,1H3,(H,26,30);2*1H/b12-6+,13-7+;;. The molecule has 0 fully saturated rings. The molecule has 0 heterocycles. The molecule has 1 unspecified atom stereocenters. The van der Waals surface area contributed by atoms with Gasteiger partial charge in [0.15, 0.2) is 0 Å². The van der Waals surface area contributed by atoms with E-state index in [1.54, 1.807) is 60.7 Å². The highest BCUT2D eigenvalue weighted by Crippen LogP contribution is 2.13. The number of aromatic hydroxyl groups is 1. The molecule has 0 saturated heterocycles. The van der Waals surface area contributed by atoms with Gasteiger partial charge in [-0.05, 0) is 47.5 Å². The average Bonchev–Trinajstić information content (AvgIpc) is 2.77. The Labute approximate surface area is 211 Å². The Balaban J connectivity index is 0.00000544. The van der Waals surface area contributed by atoms with Crippen molar-refractivity contribution >= 4 is 29.9 Å². The van der Waals surface area contributed by atoms with Crippen LogP contribution in [0, 0.1) is 0 Å². The first-order valence-electron chi connectivity index (χ1n) is 10.3. The van der Waals surface area contributed by atoms with Crippen LogP contribution in [-0.2, 0) is 14.4 Å². The van der Waals surface area contributed by atoms with E-state index in [4.69, 9.17) is 4.74 Å². The largest absolute Gasteiger partial charge is 1.00 e. The van der Waals surface area contributed by atoms with E-state index in [9.17, 15) is 19.5 Å². The maximum Gasteiger partial charge on any atom is 0.337 e. The lowest BCUT2D eigenvalue weighted by Gasteiger charge is -2.13. The lowest BCUT2D eigenvalue weighted by molar-refractivity contribution is -0.823. The number of quaternary nitrogens is 2. The van der Waals surface area contributed by atoms with E-state index < -0.39 is 0 Å². The van der Waals surface area contributed by atoms with E-state index in [0.29, 0.717) is 36.8 Å². The van der Waals surface area contributed by atoms with Crippen LogP contribution in [0.4, 0.5) is 0 Å². The molecule has 34 heavy (non-hydrogen) atoms. The second-order valence-corrected chi connectivity index (χ2v) is 7.03. The predicted octanol–water partition coefficient (Wildman–Crippen LogP) is -6.18. The second kappa shape index (κ2) is 16.4. The van der Waals surface area contributed by atoms with E-state index in [1.165, 1.54) is 19.1 Å². The molecule has 0 aromatic heterocycles. The van der Waals surface area contributed by atoms with Crippen molar-refractivity contribution in [3.63, 3.8) is 0 Å². The fourth-order valence-corrected chi connectivity index (χ4v) is 2.84. The monoisotopic (exact) mass is 509 g/mol. The molecule has 0 aliphatic heterocycles. The van der Waals surface area contributed by atoms with Crippen LogP contribution in [0.3, 0.4) is 0 Å². The zero-order chi connectivity index (χ0) is 23.3. The van der Waals surface area contributed by atoms with Crippen molar-refractivity contribution in [2.75, 3.05) is 26.2 Å². The van der Waals surface area contributed by atoms with Gasteiger partial charge in [0, 0.05) is 19.1 Å². The van der Waals surface area contributed by atoms with Crippen LogP contribution in [0.15, 0.2) is 60.7 Å². The van der Waals surface area contributed by atoms with E-state index >= 15 is 0 Å². The molecule has 2 amide bonds. The minimum atomic E-state index is -0.390. The van der Waals surface area contributed by atoms with E-state index in [2.05, 4.69) is 11.1 Å². The van der Waals surface area contributed by atoms with Crippen molar-refractivity contribution in [1.82, 2.24) is 5.32 Å². The molecule has 0 aliphatic rings. The molecule has 2 aromatic carbocycles. The Morgan fingerprint density at radius 2 is 1.50 bits per heavy atom. The number of carbonyl (C=O) groups is 3. The van der Waals surface area contributed by atoms with Gasteiger partial charge in [0.1, 0.15) is 31.1 Å². The molecule has 0 bridgehead atoms. The smallest absolute Gasteiger partial charge is 0.337 e. The van der Waals surface area contributed by atoms with Gasteiger partial charge in [0.2, 0.25) is 5.91 Å². The molecule has 0 spiro atoms. The number of phenols is 1. The lowest BCUT2D eigenvalue weighted by Crippen LogP contribution is -3.16. The van der Waals surface area contributed by atoms with E-state index in [0.717, 1.165) is 11.1 Å². The fourth-order valence-electron chi connectivity index (χ4n) is 2.84. The molecule has 8 nitrogen and oxygen atoms in total. The molecular weight excluding hydrogens is 481 g/mol. The Hall–Kier alpha value is -3.17. The van der Waals surface area contributed by atoms with E-state index in [1.807, 2.05) is 0 Å². The third kappa shape index (κ3) is 11.6. The van der Waals surface area contributed by atoms with Crippen molar-refractivity contribution < 1.29 is 59.7 Å². The zero-order valence-electron chi connectivity index (χ0n) is 18.8. The van der Waals surface area contributed by atoms with Crippen LogP contribution in [-0.4, -0.2) is 49.1 Å².